The normalized spacial score (nSPS) is 11.8. The third kappa shape index (κ3) is 5.76. The summed E-state index contributed by atoms with van der Waals surface area (Å²) in [5.41, 5.74) is 13.5. The first-order valence-corrected chi connectivity index (χ1v) is 21.0. The van der Waals surface area contributed by atoms with E-state index in [9.17, 15) is 0 Å². The summed E-state index contributed by atoms with van der Waals surface area (Å²) in [6.45, 7) is 0. The monoisotopic (exact) mass is 807 g/mol. The molecule has 13 rings (SSSR count). The van der Waals surface area contributed by atoms with Crippen LogP contribution in [0.4, 0.5) is 0 Å². The van der Waals surface area contributed by atoms with Gasteiger partial charge in [0.25, 0.3) is 0 Å². The second-order valence-electron chi connectivity index (χ2n) is 15.9. The first kappa shape index (κ1) is 35.2. The maximum Gasteiger partial charge on any atom is 0.164 e. The highest BCUT2D eigenvalue weighted by Gasteiger charge is 2.20. The molecule has 4 heterocycles. The summed E-state index contributed by atoms with van der Waals surface area (Å²) in [6.07, 6.45) is 0. The van der Waals surface area contributed by atoms with Crippen molar-refractivity contribution in [3.63, 3.8) is 0 Å². The molecular formula is C57H33N3O3. The van der Waals surface area contributed by atoms with E-state index in [0.29, 0.717) is 17.5 Å². The van der Waals surface area contributed by atoms with Gasteiger partial charge >= 0.3 is 0 Å². The van der Waals surface area contributed by atoms with Crippen LogP contribution in [0.25, 0.3) is 133 Å². The van der Waals surface area contributed by atoms with Crippen LogP contribution in [0, 0.1) is 0 Å². The Balaban J connectivity index is 1.04. The zero-order chi connectivity index (χ0) is 41.4. The summed E-state index contributed by atoms with van der Waals surface area (Å²) in [5, 5.41) is 6.43. The number of furan rings is 3. The second-order valence-corrected chi connectivity index (χ2v) is 15.9. The van der Waals surface area contributed by atoms with Gasteiger partial charge in [0.2, 0.25) is 0 Å². The number of fused-ring (bicyclic) bond motifs is 9. The molecule has 0 fully saturated rings. The van der Waals surface area contributed by atoms with Gasteiger partial charge in [-0.05, 0) is 59.2 Å². The minimum atomic E-state index is 0.542. The topological polar surface area (TPSA) is 78.1 Å². The van der Waals surface area contributed by atoms with Gasteiger partial charge in [0.05, 0.1) is 0 Å². The van der Waals surface area contributed by atoms with Crippen LogP contribution in [0.1, 0.15) is 0 Å². The molecule has 0 unspecified atom stereocenters. The first-order valence-electron chi connectivity index (χ1n) is 21.0. The lowest BCUT2D eigenvalue weighted by atomic mass is 9.94. The summed E-state index contributed by atoms with van der Waals surface area (Å²) in [5.74, 6) is 1.68. The molecule has 0 amide bonds. The molecule has 9 aromatic carbocycles. The zero-order valence-electron chi connectivity index (χ0n) is 33.6. The fourth-order valence-electron chi connectivity index (χ4n) is 9.17. The largest absolute Gasteiger partial charge is 0.455 e. The minimum Gasteiger partial charge on any atom is -0.455 e. The highest BCUT2D eigenvalue weighted by atomic mass is 16.3. The summed E-state index contributed by atoms with van der Waals surface area (Å²) in [4.78, 5) is 15.7. The lowest BCUT2D eigenvalue weighted by Gasteiger charge is -2.13. The third-order valence-electron chi connectivity index (χ3n) is 12.1. The summed E-state index contributed by atoms with van der Waals surface area (Å²) in [7, 11) is 0. The van der Waals surface area contributed by atoms with Crippen molar-refractivity contribution >= 4 is 65.8 Å². The Morgan fingerprint density at radius 2 is 0.571 bits per heavy atom. The third-order valence-corrected chi connectivity index (χ3v) is 12.1. The van der Waals surface area contributed by atoms with E-state index in [1.54, 1.807) is 0 Å². The smallest absolute Gasteiger partial charge is 0.164 e. The molecule has 294 valence electrons. The molecule has 0 aliphatic heterocycles. The maximum absolute atomic E-state index is 6.62. The second kappa shape index (κ2) is 14.0. The van der Waals surface area contributed by atoms with Gasteiger partial charge in [-0.25, -0.2) is 15.0 Å². The highest BCUT2D eigenvalue weighted by molar-refractivity contribution is 6.12. The van der Waals surface area contributed by atoms with Crippen molar-refractivity contribution in [3.8, 4) is 67.5 Å². The minimum absolute atomic E-state index is 0.542. The van der Waals surface area contributed by atoms with E-state index in [4.69, 9.17) is 28.2 Å². The Morgan fingerprint density at radius 3 is 1.08 bits per heavy atom. The van der Waals surface area contributed by atoms with Gasteiger partial charge in [-0.2, -0.15) is 0 Å². The predicted octanol–water partition coefficient (Wildman–Crippen LogP) is 15.6. The van der Waals surface area contributed by atoms with Crippen molar-refractivity contribution in [1.29, 1.82) is 0 Å². The lowest BCUT2D eigenvalue weighted by molar-refractivity contribution is 0.669. The van der Waals surface area contributed by atoms with Gasteiger partial charge < -0.3 is 13.3 Å². The van der Waals surface area contributed by atoms with E-state index in [2.05, 4.69) is 115 Å². The van der Waals surface area contributed by atoms with E-state index in [1.165, 1.54) is 0 Å². The van der Waals surface area contributed by atoms with Crippen molar-refractivity contribution in [3.05, 3.63) is 200 Å². The van der Waals surface area contributed by atoms with Crippen LogP contribution in [0.15, 0.2) is 213 Å². The number of benzene rings is 9. The number of hydrogen-bond donors (Lipinski definition) is 0. The molecule has 0 spiro atoms. The summed E-state index contributed by atoms with van der Waals surface area (Å²) >= 11 is 0. The van der Waals surface area contributed by atoms with Crippen molar-refractivity contribution in [2.24, 2.45) is 0 Å². The van der Waals surface area contributed by atoms with Crippen LogP contribution in [-0.2, 0) is 0 Å². The summed E-state index contributed by atoms with van der Waals surface area (Å²) in [6, 6.07) is 68.5. The standard InChI is InChI=1S/C57H33N3O3/c1-2-14-34(15-3-1)55-58-56(36-17-10-16-35(30-36)40-21-11-24-46-43-18-4-7-27-49(43)61-52(40)46)60-57(59-55)39-32-37(41-22-12-25-47-44-19-5-8-28-50(44)62-53(41)47)31-38(33-39)42-23-13-26-48-45-20-6-9-29-51(45)63-54(42)48/h1-33H. The van der Waals surface area contributed by atoms with Crippen LogP contribution < -0.4 is 0 Å². The van der Waals surface area contributed by atoms with Crippen LogP contribution in [0.5, 0.6) is 0 Å². The average molecular weight is 808 g/mol. The van der Waals surface area contributed by atoms with Gasteiger partial charge in [0, 0.05) is 65.7 Å². The van der Waals surface area contributed by atoms with Crippen molar-refractivity contribution in [1.82, 2.24) is 15.0 Å². The molecule has 0 saturated heterocycles. The molecule has 0 N–H and O–H groups in total. The first-order chi connectivity index (χ1) is 31.2. The fraction of sp³-hybridized carbons (Fsp3) is 0. The predicted molar refractivity (Wildman–Crippen MR) is 254 cm³/mol. The van der Waals surface area contributed by atoms with E-state index >= 15 is 0 Å². The quantitative estimate of drug-likeness (QED) is 0.166. The highest BCUT2D eigenvalue weighted by Crippen LogP contribution is 2.42. The van der Waals surface area contributed by atoms with Gasteiger partial charge in [0.1, 0.15) is 33.5 Å². The molecule has 0 aliphatic rings. The Morgan fingerprint density at radius 1 is 0.238 bits per heavy atom. The van der Waals surface area contributed by atoms with Gasteiger partial charge in [-0.3, -0.25) is 0 Å². The number of nitrogens with zero attached hydrogens (tertiary/aromatic N) is 3. The van der Waals surface area contributed by atoms with Crippen molar-refractivity contribution in [2.75, 3.05) is 0 Å². The number of hydrogen-bond acceptors (Lipinski definition) is 6. The maximum atomic E-state index is 6.62. The van der Waals surface area contributed by atoms with E-state index in [-0.39, 0.29) is 0 Å². The van der Waals surface area contributed by atoms with Gasteiger partial charge in [-0.15, -0.1) is 0 Å². The van der Waals surface area contributed by atoms with E-state index in [0.717, 1.165) is 116 Å². The van der Waals surface area contributed by atoms with Crippen LogP contribution in [-0.4, -0.2) is 15.0 Å². The summed E-state index contributed by atoms with van der Waals surface area (Å²) < 4.78 is 19.7. The SMILES string of the molecule is c1ccc(-c2nc(-c3cccc(-c4cccc5c4oc4ccccc45)c3)nc(-c3cc(-c4cccc5c4oc4ccccc45)cc(-c4cccc5c4oc4ccccc45)c3)n2)cc1. The number of para-hydroxylation sites is 6. The van der Waals surface area contributed by atoms with Crippen molar-refractivity contribution in [2.45, 2.75) is 0 Å². The van der Waals surface area contributed by atoms with Gasteiger partial charge in [0.15, 0.2) is 17.5 Å². The Hall–Kier alpha value is -8.61. The Bertz CT molecular complexity index is 3800. The molecular weight excluding hydrogens is 775 g/mol. The molecule has 6 heteroatoms. The van der Waals surface area contributed by atoms with Crippen molar-refractivity contribution < 1.29 is 13.3 Å². The number of aromatic nitrogens is 3. The molecule has 0 bridgehead atoms. The molecule has 6 nitrogen and oxygen atoms in total. The van der Waals surface area contributed by atoms with Gasteiger partial charge in [-0.1, -0.05) is 158 Å². The lowest BCUT2D eigenvalue weighted by Crippen LogP contribution is -2.01. The molecule has 0 aliphatic carbocycles. The Labute approximate surface area is 360 Å². The molecule has 0 saturated carbocycles. The Kier molecular flexibility index (Phi) is 7.80. The molecule has 0 radical (unpaired) electrons. The fourth-order valence-corrected chi connectivity index (χ4v) is 9.17. The van der Waals surface area contributed by atoms with Crippen LogP contribution >= 0.6 is 0 Å². The molecule has 4 aromatic heterocycles. The van der Waals surface area contributed by atoms with E-state index in [1.807, 2.05) is 84.9 Å². The zero-order valence-corrected chi connectivity index (χ0v) is 33.6. The number of rotatable bonds is 6. The van der Waals surface area contributed by atoms with Crippen LogP contribution in [0.3, 0.4) is 0 Å². The van der Waals surface area contributed by atoms with E-state index < -0.39 is 0 Å². The molecule has 0 atom stereocenters. The average Bonchev–Trinajstić information content (AvgIpc) is 4.06. The molecule has 13 aromatic rings. The molecule has 63 heavy (non-hydrogen) atoms. The van der Waals surface area contributed by atoms with Crippen LogP contribution in [0.2, 0.25) is 0 Å².